The first kappa shape index (κ1) is 15.9. The summed E-state index contributed by atoms with van der Waals surface area (Å²) in [5, 5.41) is 2.09. The molecule has 2 aromatic rings. The molecule has 0 N–H and O–H groups in total. The van der Waals surface area contributed by atoms with E-state index in [1.165, 1.54) is 4.88 Å². The van der Waals surface area contributed by atoms with Crippen LogP contribution >= 0.6 is 11.3 Å². The van der Waals surface area contributed by atoms with Crippen molar-refractivity contribution >= 4 is 17.1 Å². The third kappa shape index (κ3) is 4.02. The summed E-state index contributed by atoms with van der Waals surface area (Å²) in [6, 6.07) is 14.1. The molecule has 0 amide bonds. The number of Topliss-reactive ketones (excluding diaryl/α,β-unsaturated/α-hetero) is 1. The van der Waals surface area contributed by atoms with Crippen molar-refractivity contribution in [2.24, 2.45) is 0 Å². The van der Waals surface area contributed by atoms with E-state index in [1.54, 1.807) is 11.3 Å². The van der Waals surface area contributed by atoms with Gasteiger partial charge in [-0.1, -0.05) is 43.3 Å². The molecular formula is C18H23NOS. The second-order valence-electron chi connectivity index (χ2n) is 5.50. The lowest BCUT2D eigenvalue weighted by molar-refractivity contribution is 0.0737. The van der Waals surface area contributed by atoms with Crippen LogP contribution in [0.3, 0.4) is 0 Å². The van der Waals surface area contributed by atoms with Crippen LogP contribution in [-0.4, -0.2) is 22.8 Å². The quantitative estimate of drug-likeness (QED) is 0.695. The fourth-order valence-corrected chi connectivity index (χ4v) is 3.31. The molecule has 1 aromatic heterocycles. The fourth-order valence-electron chi connectivity index (χ4n) is 2.60. The number of carbonyl (C=O) groups excluding carboxylic acids is 1. The van der Waals surface area contributed by atoms with E-state index in [2.05, 4.69) is 43.2 Å². The van der Waals surface area contributed by atoms with Crippen LogP contribution in [0.1, 0.15) is 42.4 Å². The van der Waals surface area contributed by atoms with E-state index in [9.17, 15) is 4.79 Å². The Hall–Kier alpha value is -1.45. The molecule has 2 rings (SSSR count). The summed E-state index contributed by atoms with van der Waals surface area (Å²) in [4.78, 5) is 16.4. The smallest absolute Gasteiger partial charge is 0.179 e. The number of hydrogen-bond acceptors (Lipinski definition) is 3. The third-order valence-electron chi connectivity index (χ3n) is 3.73. The molecule has 0 radical (unpaired) electrons. The van der Waals surface area contributed by atoms with E-state index < -0.39 is 0 Å². The van der Waals surface area contributed by atoms with Crippen LogP contribution in [0.5, 0.6) is 0 Å². The Morgan fingerprint density at radius 3 is 2.38 bits per heavy atom. The number of hydrogen-bond donors (Lipinski definition) is 0. The Balaban J connectivity index is 2.21. The molecule has 2 nitrogen and oxygen atoms in total. The maximum absolute atomic E-state index is 12.8. The topological polar surface area (TPSA) is 20.3 Å². The minimum atomic E-state index is -0.0606. The monoisotopic (exact) mass is 301 g/mol. The van der Waals surface area contributed by atoms with E-state index in [-0.39, 0.29) is 11.8 Å². The van der Waals surface area contributed by atoms with Gasteiger partial charge in [0.1, 0.15) is 0 Å². The molecule has 1 heterocycles. The van der Waals surface area contributed by atoms with Crippen LogP contribution in [0.2, 0.25) is 0 Å². The van der Waals surface area contributed by atoms with Crippen molar-refractivity contribution in [2.45, 2.75) is 45.8 Å². The molecule has 0 fully saturated rings. The summed E-state index contributed by atoms with van der Waals surface area (Å²) in [7, 11) is 0. The minimum Gasteiger partial charge on any atom is -0.292 e. The van der Waals surface area contributed by atoms with Gasteiger partial charge < -0.3 is 0 Å². The number of nitrogens with zero attached hydrogens (tertiary/aromatic N) is 1. The van der Waals surface area contributed by atoms with Crippen molar-refractivity contribution in [1.82, 2.24) is 4.90 Å². The van der Waals surface area contributed by atoms with Crippen LogP contribution in [0.15, 0.2) is 47.8 Å². The Morgan fingerprint density at radius 1 is 1.14 bits per heavy atom. The third-order valence-corrected chi connectivity index (χ3v) is 4.59. The van der Waals surface area contributed by atoms with Gasteiger partial charge in [0.2, 0.25) is 0 Å². The molecule has 112 valence electrons. The summed E-state index contributed by atoms with van der Waals surface area (Å²) in [5.74, 6) is 0.225. The van der Waals surface area contributed by atoms with Crippen LogP contribution < -0.4 is 0 Å². The summed E-state index contributed by atoms with van der Waals surface area (Å²) in [5.41, 5.74) is 0.807. The molecule has 0 saturated heterocycles. The average Bonchev–Trinajstić information content (AvgIpc) is 3.00. The largest absolute Gasteiger partial charge is 0.292 e. The average molecular weight is 301 g/mol. The molecule has 0 bridgehead atoms. The highest BCUT2D eigenvalue weighted by Gasteiger charge is 2.27. The number of rotatable bonds is 7. The van der Waals surface area contributed by atoms with Crippen molar-refractivity contribution in [3.63, 3.8) is 0 Å². The van der Waals surface area contributed by atoms with E-state index in [1.807, 2.05) is 30.3 Å². The van der Waals surface area contributed by atoms with Gasteiger partial charge in [-0.25, -0.2) is 0 Å². The SMILES string of the molecule is CCC(C(=O)c1ccccc1)N(Cc1cccs1)C(C)C. The van der Waals surface area contributed by atoms with E-state index in [4.69, 9.17) is 0 Å². The van der Waals surface area contributed by atoms with Gasteiger partial charge >= 0.3 is 0 Å². The highest BCUT2D eigenvalue weighted by Crippen LogP contribution is 2.20. The van der Waals surface area contributed by atoms with Gasteiger partial charge in [-0.15, -0.1) is 11.3 Å². The predicted molar refractivity (Wildman–Crippen MR) is 89.8 cm³/mol. The summed E-state index contributed by atoms with van der Waals surface area (Å²) in [6.07, 6.45) is 0.831. The van der Waals surface area contributed by atoms with Crippen molar-refractivity contribution in [3.8, 4) is 0 Å². The maximum atomic E-state index is 12.8. The van der Waals surface area contributed by atoms with Crippen molar-refractivity contribution in [3.05, 3.63) is 58.3 Å². The van der Waals surface area contributed by atoms with Crippen molar-refractivity contribution < 1.29 is 4.79 Å². The van der Waals surface area contributed by atoms with Gasteiger partial charge in [-0.2, -0.15) is 0 Å². The zero-order chi connectivity index (χ0) is 15.2. The van der Waals surface area contributed by atoms with Crippen molar-refractivity contribution in [2.75, 3.05) is 0 Å². The molecule has 3 heteroatoms. The molecule has 0 aliphatic heterocycles. The molecule has 0 aliphatic carbocycles. The summed E-state index contributed by atoms with van der Waals surface area (Å²) < 4.78 is 0. The standard InChI is InChI=1S/C18H23NOS/c1-4-17(18(20)15-9-6-5-7-10-15)19(14(2)3)13-16-11-8-12-21-16/h5-12,14,17H,4,13H2,1-3H3. The lowest BCUT2D eigenvalue weighted by Gasteiger charge is -2.33. The zero-order valence-electron chi connectivity index (χ0n) is 13.0. The molecular weight excluding hydrogens is 278 g/mol. The molecule has 0 saturated carbocycles. The highest BCUT2D eigenvalue weighted by atomic mass is 32.1. The van der Waals surface area contributed by atoms with Gasteiger partial charge in [0, 0.05) is 23.0 Å². The molecule has 0 aliphatic rings. The van der Waals surface area contributed by atoms with Gasteiger partial charge in [-0.05, 0) is 31.7 Å². The van der Waals surface area contributed by atoms with Gasteiger partial charge in [-0.3, -0.25) is 9.69 Å². The first-order valence-corrected chi connectivity index (χ1v) is 8.38. The van der Waals surface area contributed by atoms with E-state index >= 15 is 0 Å². The van der Waals surface area contributed by atoms with Gasteiger partial charge in [0.15, 0.2) is 5.78 Å². The van der Waals surface area contributed by atoms with Gasteiger partial charge in [0.05, 0.1) is 6.04 Å². The lowest BCUT2D eigenvalue weighted by atomic mass is 9.99. The Labute approximate surface area is 131 Å². The van der Waals surface area contributed by atoms with Crippen LogP contribution in [-0.2, 0) is 6.54 Å². The van der Waals surface area contributed by atoms with Crippen LogP contribution in [0.25, 0.3) is 0 Å². The van der Waals surface area contributed by atoms with Crippen LogP contribution in [0.4, 0.5) is 0 Å². The Bertz CT molecular complexity index is 548. The second-order valence-corrected chi connectivity index (χ2v) is 6.53. The Kier molecular flexibility index (Phi) is 5.71. The molecule has 0 spiro atoms. The predicted octanol–water partition coefficient (Wildman–Crippen LogP) is 4.62. The van der Waals surface area contributed by atoms with E-state index in [0.29, 0.717) is 6.04 Å². The minimum absolute atomic E-state index is 0.0606. The maximum Gasteiger partial charge on any atom is 0.179 e. The van der Waals surface area contributed by atoms with E-state index in [0.717, 1.165) is 18.5 Å². The fraction of sp³-hybridized carbons (Fsp3) is 0.389. The van der Waals surface area contributed by atoms with Crippen LogP contribution in [0, 0.1) is 0 Å². The lowest BCUT2D eigenvalue weighted by Crippen LogP contribution is -2.44. The number of thiophene rings is 1. The number of benzene rings is 1. The molecule has 1 aromatic carbocycles. The number of carbonyl (C=O) groups is 1. The van der Waals surface area contributed by atoms with Gasteiger partial charge in [0.25, 0.3) is 0 Å². The summed E-state index contributed by atoms with van der Waals surface area (Å²) in [6.45, 7) is 7.25. The highest BCUT2D eigenvalue weighted by molar-refractivity contribution is 7.09. The summed E-state index contributed by atoms with van der Waals surface area (Å²) >= 11 is 1.75. The normalized spacial score (nSPS) is 12.8. The first-order valence-electron chi connectivity index (χ1n) is 7.50. The molecule has 1 atom stereocenters. The van der Waals surface area contributed by atoms with Crippen molar-refractivity contribution in [1.29, 1.82) is 0 Å². The first-order chi connectivity index (χ1) is 10.1. The number of ketones is 1. The molecule has 1 unspecified atom stereocenters. The zero-order valence-corrected chi connectivity index (χ0v) is 13.8. The second kappa shape index (κ2) is 7.53. The Morgan fingerprint density at radius 2 is 1.86 bits per heavy atom. The molecule has 21 heavy (non-hydrogen) atoms.